The first-order valence-electron chi connectivity index (χ1n) is 8.55. The van der Waals surface area contributed by atoms with Crippen LogP contribution in [0.3, 0.4) is 0 Å². The molecule has 3 aromatic rings. The number of imidazole rings is 1. The van der Waals surface area contributed by atoms with Gasteiger partial charge in [-0.2, -0.15) is 0 Å². The summed E-state index contributed by atoms with van der Waals surface area (Å²) in [6.07, 6.45) is 3.70. The summed E-state index contributed by atoms with van der Waals surface area (Å²) in [6, 6.07) is 12.3. The third kappa shape index (κ3) is 4.17. The highest BCUT2D eigenvalue weighted by atomic mass is 32.2. The molecule has 0 aliphatic carbocycles. The zero-order valence-electron chi connectivity index (χ0n) is 15.5. The number of rotatable bonds is 5. The van der Waals surface area contributed by atoms with Gasteiger partial charge < -0.3 is 5.32 Å². The third-order valence-corrected chi connectivity index (χ3v) is 5.31. The lowest BCUT2D eigenvalue weighted by atomic mass is 10.1. The number of benzene rings is 2. The van der Waals surface area contributed by atoms with Crippen LogP contribution in [-0.2, 0) is 4.79 Å². The fraction of sp³-hybridized carbons (Fsp3) is 0.238. The summed E-state index contributed by atoms with van der Waals surface area (Å²) < 4.78 is 2.03. The smallest absolute Gasteiger partial charge is 0.234 e. The van der Waals surface area contributed by atoms with E-state index in [1.54, 1.807) is 6.20 Å². The number of nitrogens with zero attached hydrogens (tertiary/aromatic N) is 2. The highest BCUT2D eigenvalue weighted by Gasteiger charge is 2.11. The van der Waals surface area contributed by atoms with Crippen LogP contribution in [0.4, 0.5) is 5.69 Å². The molecule has 1 N–H and O–H groups in total. The van der Waals surface area contributed by atoms with E-state index in [1.165, 1.54) is 34.0 Å². The Balaban J connectivity index is 1.68. The molecule has 4 nitrogen and oxygen atoms in total. The SMILES string of the molecule is Cc1ccc(-n2ccnc2SCC(=O)Nc2ccc(C)c(C)c2)c(C)c1. The molecule has 0 radical (unpaired) electrons. The van der Waals surface area contributed by atoms with E-state index in [4.69, 9.17) is 0 Å². The Bertz CT molecular complexity index is 946. The van der Waals surface area contributed by atoms with Crippen molar-refractivity contribution in [2.45, 2.75) is 32.9 Å². The number of anilines is 1. The topological polar surface area (TPSA) is 46.9 Å². The van der Waals surface area contributed by atoms with Crippen LogP contribution in [0.15, 0.2) is 53.9 Å². The maximum Gasteiger partial charge on any atom is 0.234 e. The van der Waals surface area contributed by atoms with Gasteiger partial charge in [-0.05, 0) is 62.6 Å². The van der Waals surface area contributed by atoms with Crippen molar-refractivity contribution < 1.29 is 4.79 Å². The van der Waals surface area contributed by atoms with Crippen molar-refractivity contribution in [1.29, 1.82) is 0 Å². The summed E-state index contributed by atoms with van der Waals surface area (Å²) in [4.78, 5) is 16.7. The molecule has 0 saturated carbocycles. The second-order valence-corrected chi connectivity index (χ2v) is 7.45. The van der Waals surface area contributed by atoms with Gasteiger partial charge in [-0.3, -0.25) is 9.36 Å². The Kier molecular flexibility index (Phi) is 5.47. The fourth-order valence-corrected chi connectivity index (χ4v) is 3.57. The number of aromatic nitrogens is 2. The average Bonchev–Trinajstić information content (AvgIpc) is 3.05. The molecule has 5 heteroatoms. The summed E-state index contributed by atoms with van der Waals surface area (Å²) in [5.41, 5.74) is 6.72. The van der Waals surface area contributed by atoms with Gasteiger partial charge in [-0.1, -0.05) is 35.5 Å². The maximum atomic E-state index is 12.3. The second kappa shape index (κ2) is 7.79. The lowest BCUT2D eigenvalue weighted by molar-refractivity contribution is -0.113. The fourth-order valence-electron chi connectivity index (χ4n) is 2.80. The molecule has 0 unspecified atom stereocenters. The van der Waals surface area contributed by atoms with Crippen LogP contribution in [-0.4, -0.2) is 21.2 Å². The minimum atomic E-state index is -0.0339. The molecule has 1 heterocycles. The number of thioether (sulfide) groups is 1. The molecule has 2 aromatic carbocycles. The van der Waals surface area contributed by atoms with Crippen molar-refractivity contribution in [2.75, 3.05) is 11.1 Å². The van der Waals surface area contributed by atoms with E-state index in [-0.39, 0.29) is 5.91 Å². The van der Waals surface area contributed by atoms with Crippen molar-refractivity contribution in [3.8, 4) is 5.69 Å². The van der Waals surface area contributed by atoms with Gasteiger partial charge >= 0.3 is 0 Å². The van der Waals surface area contributed by atoms with Crippen LogP contribution >= 0.6 is 11.8 Å². The number of amides is 1. The van der Waals surface area contributed by atoms with Gasteiger partial charge in [0.05, 0.1) is 11.4 Å². The van der Waals surface area contributed by atoms with Gasteiger partial charge in [0.25, 0.3) is 0 Å². The molecule has 0 fully saturated rings. The van der Waals surface area contributed by atoms with Gasteiger partial charge in [0.15, 0.2) is 5.16 Å². The highest BCUT2D eigenvalue weighted by Crippen LogP contribution is 2.23. The van der Waals surface area contributed by atoms with E-state index in [0.29, 0.717) is 5.75 Å². The average molecular weight is 366 g/mol. The van der Waals surface area contributed by atoms with Crippen LogP contribution in [0.25, 0.3) is 5.69 Å². The van der Waals surface area contributed by atoms with Gasteiger partial charge in [0.1, 0.15) is 0 Å². The largest absolute Gasteiger partial charge is 0.325 e. The van der Waals surface area contributed by atoms with Crippen LogP contribution in [0.1, 0.15) is 22.3 Å². The number of carbonyl (C=O) groups excluding carboxylic acids is 1. The second-order valence-electron chi connectivity index (χ2n) is 6.51. The number of hydrogen-bond acceptors (Lipinski definition) is 3. The van der Waals surface area contributed by atoms with Crippen LogP contribution in [0.2, 0.25) is 0 Å². The molecule has 0 bridgehead atoms. The first-order valence-corrected chi connectivity index (χ1v) is 9.53. The third-order valence-electron chi connectivity index (χ3n) is 4.34. The molecule has 0 aliphatic heterocycles. The lowest BCUT2D eigenvalue weighted by Gasteiger charge is -2.11. The minimum absolute atomic E-state index is 0.0339. The Morgan fingerprint density at radius 3 is 2.58 bits per heavy atom. The summed E-state index contributed by atoms with van der Waals surface area (Å²) >= 11 is 1.44. The summed E-state index contributed by atoms with van der Waals surface area (Å²) in [5, 5.41) is 3.77. The maximum absolute atomic E-state index is 12.3. The minimum Gasteiger partial charge on any atom is -0.325 e. The predicted molar refractivity (Wildman–Crippen MR) is 108 cm³/mol. The van der Waals surface area contributed by atoms with Crippen LogP contribution in [0.5, 0.6) is 0 Å². The van der Waals surface area contributed by atoms with E-state index in [2.05, 4.69) is 49.3 Å². The van der Waals surface area contributed by atoms with Crippen molar-refractivity contribution in [2.24, 2.45) is 0 Å². The number of hydrogen-bond donors (Lipinski definition) is 1. The highest BCUT2D eigenvalue weighted by molar-refractivity contribution is 7.99. The number of carbonyl (C=O) groups is 1. The van der Waals surface area contributed by atoms with Crippen LogP contribution in [0, 0.1) is 27.7 Å². The molecule has 1 aromatic heterocycles. The van der Waals surface area contributed by atoms with Crippen molar-refractivity contribution >= 4 is 23.4 Å². The lowest BCUT2D eigenvalue weighted by Crippen LogP contribution is -2.14. The van der Waals surface area contributed by atoms with Crippen molar-refractivity contribution in [3.63, 3.8) is 0 Å². The first kappa shape index (κ1) is 18.3. The Morgan fingerprint density at radius 2 is 1.85 bits per heavy atom. The van der Waals surface area contributed by atoms with E-state index in [9.17, 15) is 4.79 Å². The molecule has 26 heavy (non-hydrogen) atoms. The normalized spacial score (nSPS) is 10.8. The summed E-state index contributed by atoms with van der Waals surface area (Å²) in [6.45, 7) is 8.27. The molecular formula is C21H23N3OS. The Labute approximate surface area is 158 Å². The summed E-state index contributed by atoms with van der Waals surface area (Å²) in [5.74, 6) is 0.280. The van der Waals surface area contributed by atoms with Gasteiger partial charge in [0.2, 0.25) is 5.91 Å². The quantitative estimate of drug-likeness (QED) is 0.658. The van der Waals surface area contributed by atoms with Crippen molar-refractivity contribution in [3.05, 3.63) is 71.0 Å². The molecule has 1 amide bonds. The molecule has 134 valence electrons. The van der Waals surface area contributed by atoms with Gasteiger partial charge in [-0.25, -0.2) is 4.98 Å². The van der Waals surface area contributed by atoms with E-state index < -0.39 is 0 Å². The summed E-state index contributed by atoms with van der Waals surface area (Å²) in [7, 11) is 0. The zero-order valence-corrected chi connectivity index (χ0v) is 16.4. The molecule has 3 rings (SSSR count). The monoisotopic (exact) mass is 365 g/mol. The molecule has 0 spiro atoms. The molecule has 0 aliphatic rings. The molecular weight excluding hydrogens is 342 g/mol. The molecule has 0 saturated heterocycles. The van der Waals surface area contributed by atoms with Crippen molar-refractivity contribution in [1.82, 2.24) is 9.55 Å². The number of nitrogens with one attached hydrogen (secondary N) is 1. The van der Waals surface area contributed by atoms with Crippen LogP contribution < -0.4 is 5.32 Å². The number of aryl methyl sites for hydroxylation is 4. The predicted octanol–water partition coefficient (Wildman–Crippen LogP) is 4.84. The Morgan fingerprint density at radius 1 is 1.04 bits per heavy atom. The van der Waals surface area contributed by atoms with E-state index in [1.807, 2.05) is 35.9 Å². The first-order chi connectivity index (χ1) is 12.4. The standard InChI is InChI=1S/C21H23N3OS/c1-14-5-8-19(17(4)11-14)24-10-9-22-21(24)26-13-20(25)23-18-7-6-15(2)16(3)12-18/h5-12H,13H2,1-4H3,(H,23,25). The van der Waals surface area contributed by atoms with E-state index >= 15 is 0 Å². The van der Waals surface area contributed by atoms with E-state index in [0.717, 1.165) is 16.5 Å². The van der Waals surface area contributed by atoms with Gasteiger partial charge in [-0.15, -0.1) is 0 Å². The van der Waals surface area contributed by atoms with Gasteiger partial charge in [0, 0.05) is 18.1 Å². The zero-order chi connectivity index (χ0) is 18.7. The molecule has 0 atom stereocenters. The Hall–Kier alpha value is -2.53.